The molecule has 178 valence electrons. The Kier molecular flexibility index (Phi) is 8.85. The molecule has 0 aliphatic rings. The lowest BCUT2D eigenvalue weighted by atomic mass is 10.1. The van der Waals surface area contributed by atoms with E-state index in [2.05, 4.69) is 53.4 Å². The fourth-order valence-electron chi connectivity index (χ4n) is 3.62. The summed E-state index contributed by atoms with van der Waals surface area (Å²) in [5.74, 6) is 2.55. The second-order valence-corrected chi connectivity index (χ2v) is 9.00. The Labute approximate surface area is 212 Å². The Balaban J connectivity index is 1.66. The lowest BCUT2D eigenvalue weighted by molar-refractivity contribution is 0.405. The van der Waals surface area contributed by atoms with Gasteiger partial charge in [-0.3, -0.25) is 0 Å². The normalized spacial score (nSPS) is 11.2. The van der Waals surface area contributed by atoms with Crippen LogP contribution in [-0.2, 0) is 18.8 Å². The first-order valence-corrected chi connectivity index (χ1v) is 12.5. The van der Waals surface area contributed by atoms with E-state index in [-0.39, 0.29) is 0 Å². The number of ether oxygens (including phenoxy) is 2. The van der Waals surface area contributed by atoms with Gasteiger partial charge in [-0.05, 0) is 53.1 Å². The van der Waals surface area contributed by atoms with Gasteiger partial charge in [-0.2, -0.15) is 0 Å². The van der Waals surface area contributed by atoms with Crippen LogP contribution in [0.1, 0.15) is 16.7 Å². The van der Waals surface area contributed by atoms with E-state index in [4.69, 9.17) is 14.5 Å². The van der Waals surface area contributed by atoms with E-state index in [0.717, 1.165) is 41.2 Å². The molecule has 0 N–H and O–H groups in total. The van der Waals surface area contributed by atoms with Gasteiger partial charge in [0.25, 0.3) is 0 Å². The van der Waals surface area contributed by atoms with Crippen molar-refractivity contribution in [3.8, 4) is 11.5 Å². The molecule has 4 aromatic carbocycles. The van der Waals surface area contributed by atoms with E-state index in [9.17, 15) is 0 Å². The summed E-state index contributed by atoms with van der Waals surface area (Å²) in [6, 6.07) is 37.1. The van der Waals surface area contributed by atoms with Gasteiger partial charge >= 0.3 is 0 Å². The number of rotatable bonds is 9. The molecule has 0 amide bonds. The molecule has 4 nitrogen and oxygen atoms in total. The quantitative estimate of drug-likeness (QED) is 0.185. The van der Waals surface area contributed by atoms with Crippen LogP contribution in [0.3, 0.4) is 0 Å². The van der Waals surface area contributed by atoms with Gasteiger partial charge in [0.1, 0.15) is 11.5 Å². The van der Waals surface area contributed by atoms with E-state index in [0.29, 0.717) is 0 Å². The highest BCUT2D eigenvalue weighted by Crippen LogP contribution is 2.25. The topological polar surface area (TPSA) is 34.1 Å². The summed E-state index contributed by atoms with van der Waals surface area (Å²) in [6.45, 7) is 1.45. The minimum atomic E-state index is 0.726. The number of aliphatic imine (C=N–C) groups is 1. The molecule has 0 aromatic heterocycles. The Morgan fingerprint density at radius 3 is 1.60 bits per heavy atom. The van der Waals surface area contributed by atoms with Crippen molar-refractivity contribution in [1.29, 1.82) is 0 Å². The average molecular weight is 483 g/mol. The van der Waals surface area contributed by atoms with Crippen molar-refractivity contribution in [1.82, 2.24) is 4.90 Å². The van der Waals surface area contributed by atoms with Crippen LogP contribution in [0.5, 0.6) is 11.5 Å². The third kappa shape index (κ3) is 7.39. The van der Waals surface area contributed by atoms with E-state index < -0.39 is 0 Å². The van der Waals surface area contributed by atoms with Crippen LogP contribution < -0.4 is 9.47 Å². The molecular formula is C30H30N2O2S. The Bertz CT molecular complexity index is 1150. The molecule has 35 heavy (non-hydrogen) atoms. The second kappa shape index (κ2) is 12.7. The monoisotopic (exact) mass is 482 g/mol. The summed E-state index contributed by atoms with van der Waals surface area (Å²) in [7, 11) is 3.38. The zero-order valence-electron chi connectivity index (χ0n) is 20.1. The number of benzene rings is 4. The van der Waals surface area contributed by atoms with Crippen LogP contribution in [0, 0.1) is 0 Å². The van der Waals surface area contributed by atoms with Crippen molar-refractivity contribution in [3.05, 3.63) is 126 Å². The van der Waals surface area contributed by atoms with Gasteiger partial charge in [-0.1, -0.05) is 84.6 Å². The van der Waals surface area contributed by atoms with Gasteiger partial charge in [0.05, 0.1) is 19.9 Å². The highest BCUT2D eigenvalue weighted by Gasteiger charge is 2.15. The maximum atomic E-state index is 5.35. The van der Waals surface area contributed by atoms with Crippen LogP contribution in [0.15, 0.2) is 114 Å². The Morgan fingerprint density at radius 2 is 1.11 bits per heavy atom. The fourth-order valence-corrected chi connectivity index (χ4v) is 4.59. The highest BCUT2D eigenvalue weighted by molar-refractivity contribution is 8.13. The highest BCUT2D eigenvalue weighted by atomic mass is 32.2. The second-order valence-electron chi connectivity index (χ2n) is 8.06. The number of nitrogens with zero attached hydrogens (tertiary/aromatic N) is 2. The summed E-state index contributed by atoms with van der Waals surface area (Å²) in [6.07, 6.45) is 0. The molecule has 0 saturated heterocycles. The summed E-state index contributed by atoms with van der Waals surface area (Å²) in [5.41, 5.74) is 4.60. The molecule has 0 unspecified atom stereocenters. The molecular weight excluding hydrogens is 452 g/mol. The van der Waals surface area contributed by atoms with Crippen molar-refractivity contribution in [2.24, 2.45) is 4.99 Å². The van der Waals surface area contributed by atoms with Crippen LogP contribution in [0.4, 0.5) is 5.69 Å². The minimum Gasteiger partial charge on any atom is -0.497 e. The maximum Gasteiger partial charge on any atom is 0.165 e. The SMILES string of the molecule is COc1ccc(CN(Cc2ccc(OC)cc2)C(=Nc2ccccc2)SCc2ccccc2)cc1. The maximum absolute atomic E-state index is 5.35. The van der Waals surface area contributed by atoms with Crippen LogP contribution in [0.2, 0.25) is 0 Å². The first-order chi connectivity index (χ1) is 17.2. The molecule has 0 saturated carbocycles. The lowest BCUT2D eigenvalue weighted by Gasteiger charge is -2.26. The molecule has 0 heterocycles. The molecule has 0 spiro atoms. The number of hydrogen-bond donors (Lipinski definition) is 0. The zero-order valence-corrected chi connectivity index (χ0v) is 20.9. The smallest absolute Gasteiger partial charge is 0.165 e. The average Bonchev–Trinajstić information content (AvgIpc) is 2.92. The van der Waals surface area contributed by atoms with Crippen molar-refractivity contribution in [2.75, 3.05) is 14.2 Å². The molecule has 0 aliphatic heterocycles. The number of amidine groups is 1. The summed E-state index contributed by atoms with van der Waals surface area (Å²) >= 11 is 1.76. The fraction of sp³-hybridized carbons (Fsp3) is 0.167. The van der Waals surface area contributed by atoms with Crippen molar-refractivity contribution >= 4 is 22.6 Å². The summed E-state index contributed by atoms with van der Waals surface area (Å²) < 4.78 is 10.7. The predicted octanol–water partition coefficient (Wildman–Crippen LogP) is 7.33. The molecule has 0 aliphatic carbocycles. The third-order valence-corrected chi connectivity index (χ3v) is 6.61. The standard InChI is InChI=1S/C30H30N2O2S/c1-33-28-17-13-24(14-18-28)21-32(22-25-15-19-29(34-2)20-16-25)30(31-27-11-7-4-8-12-27)35-23-26-9-5-3-6-10-26/h3-20H,21-23H2,1-2H3. The number of para-hydroxylation sites is 1. The molecule has 0 radical (unpaired) electrons. The first-order valence-electron chi connectivity index (χ1n) is 11.5. The summed E-state index contributed by atoms with van der Waals surface area (Å²) in [4.78, 5) is 7.43. The van der Waals surface area contributed by atoms with Gasteiger partial charge in [-0.15, -0.1) is 0 Å². The van der Waals surface area contributed by atoms with E-state index >= 15 is 0 Å². The summed E-state index contributed by atoms with van der Waals surface area (Å²) in [5, 5.41) is 0.978. The molecule has 0 fully saturated rings. The zero-order chi connectivity index (χ0) is 24.3. The van der Waals surface area contributed by atoms with Crippen molar-refractivity contribution in [2.45, 2.75) is 18.8 Å². The van der Waals surface area contributed by atoms with E-state index in [1.54, 1.807) is 26.0 Å². The Hall–Kier alpha value is -3.70. The molecule has 0 atom stereocenters. The number of hydrogen-bond acceptors (Lipinski definition) is 4. The first kappa shape index (κ1) is 24.4. The largest absolute Gasteiger partial charge is 0.497 e. The minimum absolute atomic E-state index is 0.726. The van der Waals surface area contributed by atoms with E-state index in [1.807, 2.05) is 60.7 Å². The van der Waals surface area contributed by atoms with Gasteiger partial charge in [0.2, 0.25) is 0 Å². The Morgan fingerprint density at radius 1 is 0.629 bits per heavy atom. The predicted molar refractivity (Wildman–Crippen MR) is 147 cm³/mol. The van der Waals surface area contributed by atoms with Crippen LogP contribution in [-0.4, -0.2) is 24.3 Å². The third-order valence-electron chi connectivity index (χ3n) is 5.53. The molecule has 0 bridgehead atoms. The lowest BCUT2D eigenvalue weighted by Crippen LogP contribution is -2.28. The molecule has 4 rings (SSSR count). The van der Waals surface area contributed by atoms with Crippen molar-refractivity contribution < 1.29 is 9.47 Å². The number of thioether (sulfide) groups is 1. The van der Waals surface area contributed by atoms with E-state index in [1.165, 1.54) is 16.7 Å². The van der Waals surface area contributed by atoms with Gasteiger partial charge < -0.3 is 14.4 Å². The molecule has 5 heteroatoms. The van der Waals surface area contributed by atoms with Gasteiger partial charge in [0, 0.05) is 18.8 Å². The van der Waals surface area contributed by atoms with Crippen molar-refractivity contribution in [3.63, 3.8) is 0 Å². The van der Waals surface area contributed by atoms with Gasteiger partial charge in [-0.25, -0.2) is 4.99 Å². The van der Waals surface area contributed by atoms with Crippen LogP contribution in [0.25, 0.3) is 0 Å². The molecule has 4 aromatic rings. The number of methoxy groups -OCH3 is 2. The van der Waals surface area contributed by atoms with Gasteiger partial charge in [0.15, 0.2) is 5.17 Å². The van der Waals surface area contributed by atoms with Crippen LogP contribution >= 0.6 is 11.8 Å².